The van der Waals surface area contributed by atoms with Gasteiger partial charge in [0, 0.05) is 26.2 Å². The van der Waals surface area contributed by atoms with E-state index in [9.17, 15) is 9.90 Å². The van der Waals surface area contributed by atoms with Crippen LogP contribution in [0, 0.1) is 0 Å². The molecule has 0 aromatic heterocycles. The van der Waals surface area contributed by atoms with Crippen molar-refractivity contribution in [3.05, 3.63) is 23.8 Å². The van der Waals surface area contributed by atoms with Crippen molar-refractivity contribution in [1.82, 2.24) is 10.2 Å². The van der Waals surface area contributed by atoms with Crippen molar-refractivity contribution in [2.24, 2.45) is 0 Å². The fourth-order valence-electron chi connectivity index (χ4n) is 2.03. The smallest absolute Gasteiger partial charge is 0.257 e. The van der Waals surface area contributed by atoms with Gasteiger partial charge in [0.05, 0.1) is 12.2 Å². The van der Waals surface area contributed by atoms with E-state index >= 15 is 0 Å². The number of rotatable bonds is 4. The average molecular weight is 264 g/mol. The molecule has 1 saturated heterocycles. The first-order chi connectivity index (χ1) is 9.22. The van der Waals surface area contributed by atoms with E-state index in [0.717, 1.165) is 19.5 Å². The molecule has 0 saturated carbocycles. The third-order valence-electron chi connectivity index (χ3n) is 3.08. The van der Waals surface area contributed by atoms with Crippen LogP contribution < -0.4 is 10.1 Å². The predicted octanol–water partition coefficient (Wildman–Crippen LogP) is 1.23. The molecule has 1 amide bonds. The Morgan fingerprint density at radius 2 is 2.16 bits per heavy atom. The summed E-state index contributed by atoms with van der Waals surface area (Å²) < 4.78 is 5.49. The van der Waals surface area contributed by atoms with Crippen LogP contribution in [0.5, 0.6) is 11.5 Å². The number of aromatic hydroxyl groups is 1. The van der Waals surface area contributed by atoms with Crippen molar-refractivity contribution in [3.8, 4) is 11.5 Å². The zero-order chi connectivity index (χ0) is 13.7. The van der Waals surface area contributed by atoms with Gasteiger partial charge in [0.2, 0.25) is 0 Å². The molecule has 2 rings (SSSR count). The second-order valence-corrected chi connectivity index (χ2v) is 4.57. The predicted molar refractivity (Wildman–Crippen MR) is 72.7 cm³/mol. The van der Waals surface area contributed by atoms with Crippen LogP contribution in [0.25, 0.3) is 0 Å². The highest BCUT2D eigenvalue weighted by atomic mass is 16.5. The standard InChI is InChI=1S/C14H20N2O3/c1-2-9-19-11-3-4-13(17)12(10-11)14(18)16-7-5-15-6-8-16/h3-4,10,15,17H,2,5-9H2,1H3. The minimum Gasteiger partial charge on any atom is -0.507 e. The summed E-state index contributed by atoms with van der Waals surface area (Å²) in [6, 6.07) is 4.81. The van der Waals surface area contributed by atoms with E-state index in [0.29, 0.717) is 31.0 Å². The number of amides is 1. The number of hydrogen-bond donors (Lipinski definition) is 2. The molecule has 5 nitrogen and oxygen atoms in total. The fraction of sp³-hybridized carbons (Fsp3) is 0.500. The first-order valence-corrected chi connectivity index (χ1v) is 6.68. The van der Waals surface area contributed by atoms with Crippen molar-refractivity contribution in [2.45, 2.75) is 13.3 Å². The quantitative estimate of drug-likeness (QED) is 0.858. The van der Waals surface area contributed by atoms with Crippen LogP contribution in [-0.2, 0) is 0 Å². The molecule has 104 valence electrons. The Balaban J connectivity index is 2.14. The normalized spacial score (nSPS) is 15.3. The Hall–Kier alpha value is -1.75. The molecule has 5 heteroatoms. The summed E-state index contributed by atoms with van der Waals surface area (Å²) in [4.78, 5) is 14.1. The van der Waals surface area contributed by atoms with Crippen molar-refractivity contribution in [1.29, 1.82) is 0 Å². The van der Waals surface area contributed by atoms with Gasteiger partial charge < -0.3 is 20.1 Å². The summed E-state index contributed by atoms with van der Waals surface area (Å²) in [6.45, 7) is 5.53. The third-order valence-corrected chi connectivity index (χ3v) is 3.08. The molecule has 0 aliphatic carbocycles. The Labute approximate surface area is 113 Å². The number of nitrogens with one attached hydrogen (secondary N) is 1. The molecule has 0 radical (unpaired) electrons. The number of phenolic OH excluding ortho intramolecular Hbond substituents is 1. The van der Waals surface area contributed by atoms with E-state index in [1.165, 1.54) is 6.07 Å². The highest BCUT2D eigenvalue weighted by Crippen LogP contribution is 2.24. The van der Waals surface area contributed by atoms with Gasteiger partial charge in [0.15, 0.2) is 0 Å². The monoisotopic (exact) mass is 264 g/mol. The summed E-state index contributed by atoms with van der Waals surface area (Å²) in [7, 11) is 0. The molecule has 0 unspecified atom stereocenters. The van der Waals surface area contributed by atoms with E-state index in [4.69, 9.17) is 4.74 Å². The van der Waals surface area contributed by atoms with Crippen LogP contribution in [0.2, 0.25) is 0 Å². The molecule has 1 aliphatic rings. The molecular weight excluding hydrogens is 244 g/mol. The van der Waals surface area contributed by atoms with E-state index in [1.54, 1.807) is 17.0 Å². The Morgan fingerprint density at radius 3 is 2.84 bits per heavy atom. The number of ether oxygens (including phenoxy) is 1. The Bertz CT molecular complexity index is 442. The molecule has 0 atom stereocenters. The van der Waals surface area contributed by atoms with Crippen molar-refractivity contribution < 1.29 is 14.6 Å². The van der Waals surface area contributed by atoms with Crippen LogP contribution in [0.4, 0.5) is 0 Å². The van der Waals surface area contributed by atoms with E-state index in [2.05, 4.69) is 5.32 Å². The summed E-state index contributed by atoms with van der Waals surface area (Å²) >= 11 is 0. The van der Waals surface area contributed by atoms with Gasteiger partial charge >= 0.3 is 0 Å². The lowest BCUT2D eigenvalue weighted by atomic mass is 10.1. The minimum absolute atomic E-state index is 0.00683. The summed E-state index contributed by atoms with van der Waals surface area (Å²) in [5.74, 6) is 0.492. The van der Waals surface area contributed by atoms with Crippen LogP contribution >= 0.6 is 0 Å². The van der Waals surface area contributed by atoms with Crippen molar-refractivity contribution >= 4 is 5.91 Å². The summed E-state index contributed by atoms with van der Waals surface area (Å²) in [6.07, 6.45) is 0.905. The van der Waals surface area contributed by atoms with Gasteiger partial charge in [-0.3, -0.25) is 4.79 Å². The first kappa shape index (κ1) is 13.7. The van der Waals surface area contributed by atoms with Gasteiger partial charge in [0.1, 0.15) is 11.5 Å². The molecule has 1 aromatic carbocycles. The largest absolute Gasteiger partial charge is 0.507 e. The molecule has 0 spiro atoms. The Morgan fingerprint density at radius 1 is 1.42 bits per heavy atom. The molecular formula is C14H20N2O3. The van der Waals surface area contributed by atoms with Crippen LogP contribution in [-0.4, -0.2) is 48.7 Å². The number of phenols is 1. The zero-order valence-electron chi connectivity index (χ0n) is 11.2. The van der Waals surface area contributed by atoms with Crippen LogP contribution in [0.1, 0.15) is 23.7 Å². The number of hydrogen-bond acceptors (Lipinski definition) is 4. The molecule has 1 heterocycles. The number of benzene rings is 1. The van der Waals surface area contributed by atoms with Crippen LogP contribution in [0.3, 0.4) is 0 Å². The maximum atomic E-state index is 12.3. The van der Waals surface area contributed by atoms with Crippen molar-refractivity contribution in [3.63, 3.8) is 0 Å². The van der Waals surface area contributed by atoms with Crippen molar-refractivity contribution in [2.75, 3.05) is 32.8 Å². The fourth-order valence-corrected chi connectivity index (χ4v) is 2.03. The van der Waals surface area contributed by atoms with E-state index in [-0.39, 0.29) is 11.7 Å². The van der Waals surface area contributed by atoms with Gasteiger partial charge in [-0.15, -0.1) is 0 Å². The second-order valence-electron chi connectivity index (χ2n) is 4.57. The SMILES string of the molecule is CCCOc1ccc(O)c(C(=O)N2CCNCC2)c1. The lowest BCUT2D eigenvalue weighted by Gasteiger charge is -2.27. The lowest BCUT2D eigenvalue weighted by Crippen LogP contribution is -2.46. The summed E-state index contributed by atoms with van der Waals surface area (Å²) in [5.41, 5.74) is 0.315. The van der Waals surface area contributed by atoms with Gasteiger partial charge in [-0.25, -0.2) is 0 Å². The highest BCUT2D eigenvalue weighted by Gasteiger charge is 2.21. The van der Waals surface area contributed by atoms with Gasteiger partial charge in [0.25, 0.3) is 5.91 Å². The molecule has 1 aromatic rings. The minimum atomic E-state index is -0.138. The maximum absolute atomic E-state index is 12.3. The topological polar surface area (TPSA) is 61.8 Å². The number of carbonyl (C=O) groups is 1. The Kier molecular flexibility index (Phi) is 4.63. The molecule has 2 N–H and O–H groups in total. The van der Waals surface area contributed by atoms with Gasteiger partial charge in [-0.2, -0.15) is 0 Å². The molecule has 1 aliphatic heterocycles. The summed E-state index contributed by atoms with van der Waals surface area (Å²) in [5, 5.41) is 13.0. The average Bonchev–Trinajstić information content (AvgIpc) is 2.46. The first-order valence-electron chi connectivity index (χ1n) is 6.68. The second kappa shape index (κ2) is 6.43. The highest BCUT2D eigenvalue weighted by molar-refractivity contribution is 5.97. The number of piperazine rings is 1. The molecule has 0 bridgehead atoms. The molecule has 19 heavy (non-hydrogen) atoms. The molecule has 1 fully saturated rings. The zero-order valence-corrected chi connectivity index (χ0v) is 11.2. The van der Waals surface area contributed by atoms with Gasteiger partial charge in [-0.05, 0) is 24.6 Å². The van der Waals surface area contributed by atoms with E-state index < -0.39 is 0 Å². The lowest BCUT2D eigenvalue weighted by molar-refractivity contribution is 0.0732. The van der Waals surface area contributed by atoms with E-state index in [1.807, 2.05) is 6.92 Å². The third kappa shape index (κ3) is 3.38. The van der Waals surface area contributed by atoms with Gasteiger partial charge in [-0.1, -0.05) is 6.92 Å². The van der Waals surface area contributed by atoms with Crippen LogP contribution in [0.15, 0.2) is 18.2 Å². The maximum Gasteiger partial charge on any atom is 0.257 e. The number of carbonyl (C=O) groups excluding carboxylic acids is 1. The number of nitrogens with zero attached hydrogens (tertiary/aromatic N) is 1.